The van der Waals surface area contributed by atoms with Crippen LogP contribution in [0, 0.1) is 22.7 Å². The van der Waals surface area contributed by atoms with Gasteiger partial charge in [0.15, 0.2) is 0 Å². The molecule has 0 heterocycles. The molecule has 0 atom stereocenters. The summed E-state index contributed by atoms with van der Waals surface area (Å²) in [5.74, 6) is 2.14. The van der Waals surface area contributed by atoms with Gasteiger partial charge in [0.2, 0.25) is 0 Å². The van der Waals surface area contributed by atoms with Crippen LogP contribution in [0.2, 0.25) is 0 Å². The summed E-state index contributed by atoms with van der Waals surface area (Å²) in [7, 11) is 8.95. The highest BCUT2D eigenvalue weighted by Crippen LogP contribution is 2.67. The van der Waals surface area contributed by atoms with Crippen LogP contribution in [0.15, 0.2) is 0 Å². The van der Waals surface area contributed by atoms with Crippen molar-refractivity contribution in [2.45, 2.75) is 51.4 Å². The van der Waals surface area contributed by atoms with Gasteiger partial charge in [0.25, 0.3) is 0 Å². The Morgan fingerprint density at radius 3 is 1.50 bits per heavy atom. The van der Waals surface area contributed by atoms with Gasteiger partial charge in [0.1, 0.15) is 0 Å². The third kappa shape index (κ3) is 2.92. The topological polar surface area (TPSA) is 6.48 Å². The first-order valence-electron chi connectivity index (χ1n) is 8.70. The summed E-state index contributed by atoms with van der Waals surface area (Å²) in [5.41, 5.74) is 1.45. The quantitative estimate of drug-likeness (QED) is 0.734. The van der Waals surface area contributed by atoms with E-state index in [-0.39, 0.29) is 0 Å². The van der Waals surface area contributed by atoms with Gasteiger partial charge >= 0.3 is 0 Å². The first kappa shape index (κ1) is 14.8. The molecular weight excluding hydrogens is 244 g/mol. The number of hydrogen-bond donors (Lipinski definition) is 0. The minimum atomic E-state index is 0.723. The van der Waals surface area contributed by atoms with Gasteiger partial charge in [0.05, 0.1) is 0 Å². The summed E-state index contributed by atoms with van der Waals surface area (Å²) in [5, 5.41) is 0. The highest BCUT2D eigenvalue weighted by atomic mass is 15.1. The molecule has 2 nitrogen and oxygen atoms in total. The van der Waals surface area contributed by atoms with Crippen molar-refractivity contribution in [3.8, 4) is 0 Å². The fraction of sp³-hybridized carbons (Fsp3) is 1.00. The second-order valence-corrected chi connectivity index (χ2v) is 9.07. The molecule has 0 aromatic rings. The van der Waals surface area contributed by atoms with Crippen molar-refractivity contribution >= 4 is 0 Å². The van der Waals surface area contributed by atoms with Gasteiger partial charge in [-0.05, 0) is 115 Å². The third-order valence-electron chi connectivity index (χ3n) is 6.48. The summed E-state index contributed by atoms with van der Waals surface area (Å²) in [6, 6.07) is 0. The Labute approximate surface area is 125 Å². The van der Waals surface area contributed by atoms with Gasteiger partial charge < -0.3 is 9.80 Å². The van der Waals surface area contributed by atoms with E-state index in [1.54, 1.807) is 38.5 Å². The second-order valence-electron chi connectivity index (χ2n) is 9.07. The van der Waals surface area contributed by atoms with Crippen LogP contribution in [-0.2, 0) is 0 Å². The summed E-state index contributed by atoms with van der Waals surface area (Å²) in [6.45, 7) is 2.59. The summed E-state index contributed by atoms with van der Waals surface area (Å²) >= 11 is 0. The summed E-state index contributed by atoms with van der Waals surface area (Å²) < 4.78 is 0. The fourth-order valence-corrected chi connectivity index (χ4v) is 6.16. The Kier molecular flexibility index (Phi) is 3.92. The van der Waals surface area contributed by atoms with Crippen LogP contribution >= 0.6 is 0 Å². The Hall–Kier alpha value is -0.0800. The monoisotopic (exact) mass is 278 g/mol. The molecule has 0 radical (unpaired) electrons. The largest absolute Gasteiger partial charge is 0.309 e. The number of hydrogen-bond acceptors (Lipinski definition) is 2. The van der Waals surface area contributed by atoms with Crippen molar-refractivity contribution in [3.63, 3.8) is 0 Å². The maximum atomic E-state index is 2.39. The minimum Gasteiger partial charge on any atom is -0.309 e. The van der Waals surface area contributed by atoms with Crippen LogP contribution < -0.4 is 0 Å². The molecule has 4 aliphatic carbocycles. The molecule has 0 saturated heterocycles. The molecule has 2 heteroatoms. The Morgan fingerprint density at radius 2 is 1.15 bits per heavy atom. The Morgan fingerprint density at radius 1 is 0.750 bits per heavy atom. The molecule has 0 aliphatic heterocycles. The van der Waals surface area contributed by atoms with Gasteiger partial charge in [-0.1, -0.05) is 0 Å². The lowest BCUT2D eigenvalue weighted by Crippen LogP contribution is -2.53. The van der Waals surface area contributed by atoms with E-state index in [9.17, 15) is 0 Å². The standard InChI is InChI=1S/C18H34N2/c1-19(2)7-5-17-10-15-9-16(11-17)13-18(12-15,14-17)6-8-20(3)4/h15-16H,5-14H2,1-4H3. The van der Waals surface area contributed by atoms with Crippen LogP contribution in [0.25, 0.3) is 0 Å². The van der Waals surface area contributed by atoms with E-state index in [1.165, 1.54) is 25.9 Å². The predicted octanol–water partition coefficient (Wildman–Crippen LogP) is 3.48. The molecule has 0 amide bonds. The summed E-state index contributed by atoms with van der Waals surface area (Å²) in [4.78, 5) is 4.79. The fourth-order valence-electron chi connectivity index (χ4n) is 6.16. The van der Waals surface area contributed by atoms with Crippen LogP contribution in [-0.4, -0.2) is 51.1 Å². The zero-order valence-electron chi connectivity index (χ0n) is 14.1. The maximum absolute atomic E-state index is 2.39. The zero-order chi connectivity index (χ0) is 14.4. The first-order chi connectivity index (χ1) is 9.40. The van der Waals surface area contributed by atoms with Crippen LogP contribution in [0.3, 0.4) is 0 Å². The molecule has 4 rings (SSSR count). The second kappa shape index (κ2) is 5.28. The maximum Gasteiger partial charge on any atom is -0.00195 e. The van der Waals surface area contributed by atoms with Gasteiger partial charge in [0, 0.05) is 0 Å². The predicted molar refractivity (Wildman–Crippen MR) is 85.9 cm³/mol. The summed E-state index contributed by atoms with van der Waals surface area (Å²) in [6.07, 6.45) is 12.2. The molecule has 4 bridgehead atoms. The van der Waals surface area contributed by atoms with Gasteiger partial charge in [-0.25, -0.2) is 0 Å². The van der Waals surface area contributed by atoms with E-state index in [4.69, 9.17) is 0 Å². The Bertz CT molecular complexity index is 303. The van der Waals surface area contributed by atoms with Crippen molar-refractivity contribution in [3.05, 3.63) is 0 Å². The van der Waals surface area contributed by atoms with E-state index < -0.39 is 0 Å². The van der Waals surface area contributed by atoms with Crippen molar-refractivity contribution < 1.29 is 0 Å². The van der Waals surface area contributed by atoms with Crippen molar-refractivity contribution in [2.24, 2.45) is 22.7 Å². The van der Waals surface area contributed by atoms with E-state index >= 15 is 0 Å². The number of nitrogens with zero attached hydrogens (tertiary/aromatic N) is 2. The lowest BCUT2D eigenvalue weighted by atomic mass is 9.43. The first-order valence-corrected chi connectivity index (χ1v) is 8.70. The lowest BCUT2D eigenvalue weighted by molar-refractivity contribution is -0.120. The third-order valence-corrected chi connectivity index (χ3v) is 6.48. The van der Waals surface area contributed by atoms with Crippen molar-refractivity contribution in [2.75, 3.05) is 41.3 Å². The van der Waals surface area contributed by atoms with Crippen molar-refractivity contribution in [1.29, 1.82) is 0 Å². The zero-order valence-corrected chi connectivity index (χ0v) is 14.1. The molecule has 116 valence electrons. The highest BCUT2D eigenvalue weighted by molar-refractivity contribution is 5.07. The molecule has 0 N–H and O–H groups in total. The average molecular weight is 278 g/mol. The van der Waals surface area contributed by atoms with Crippen LogP contribution in [0.4, 0.5) is 0 Å². The Balaban J connectivity index is 1.71. The van der Waals surface area contributed by atoms with Gasteiger partial charge in [-0.2, -0.15) is 0 Å². The molecule has 0 aromatic heterocycles. The molecule has 4 aliphatic rings. The smallest absolute Gasteiger partial charge is 0.00195 e. The highest BCUT2D eigenvalue weighted by Gasteiger charge is 2.56. The lowest BCUT2D eigenvalue weighted by Gasteiger charge is -2.63. The van der Waals surface area contributed by atoms with Gasteiger partial charge in [-0.3, -0.25) is 0 Å². The van der Waals surface area contributed by atoms with Crippen molar-refractivity contribution in [1.82, 2.24) is 9.80 Å². The molecule has 0 aromatic carbocycles. The molecular formula is C18H34N2. The van der Waals surface area contributed by atoms with Crippen LogP contribution in [0.5, 0.6) is 0 Å². The molecule has 0 unspecified atom stereocenters. The van der Waals surface area contributed by atoms with Gasteiger partial charge in [-0.15, -0.1) is 0 Å². The van der Waals surface area contributed by atoms with E-state index in [0.29, 0.717) is 0 Å². The van der Waals surface area contributed by atoms with E-state index in [0.717, 1.165) is 22.7 Å². The van der Waals surface area contributed by atoms with Crippen LogP contribution in [0.1, 0.15) is 51.4 Å². The molecule has 0 spiro atoms. The SMILES string of the molecule is CN(C)CCC12CC3CC(C1)CC(CCN(C)C)(C3)C2. The average Bonchev–Trinajstić information content (AvgIpc) is 2.33. The minimum absolute atomic E-state index is 0.723. The molecule has 4 fully saturated rings. The molecule has 20 heavy (non-hydrogen) atoms. The molecule has 4 saturated carbocycles. The number of rotatable bonds is 6. The van der Waals surface area contributed by atoms with E-state index in [2.05, 4.69) is 38.0 Å². The van der Waals surface area contributed by atoms with E-state index in [1.807, 2.05) is 0 Å². The normalized spacial score (nSPS) is 42.9.